The Balaban J connectivity index is 2.48. The number of nitriles is 1. The van der Waals surface area contributed by atoms with Crippen LogP contribution in [0.1, 0.15) is 21.8 Å². The fraction of sp³-hybridized carbons (Fsp3) is 0.0714. The number of rotatable bonds is 3. The molecule has 2 aromatic rings. The fourth-order valence-electron chi connectivity index (χ4n) is 1.75. The van der Waals surface area contributed by atoms with Crippen LogP contribution in [0, 0.1) is 28.8 Å². The average molecular weight is 276 g/mol. The Morgan fingerprint density at radius 1 is 1.25 bits per heavy atom. The zero-order valence-corrected chi connectivity index (χ0v) is 9.98. The standard InChI is InChI=1S/C14H7F3N2O/c15-9-4-11(16)13(12(17)5-9)14(20)10(6-18)8-2-1-3-19-7-8/h1-5,7,10H. The molecule has 0 N–H and O–H groups in total. The van der Waals surface area contributed by atoms with E-state index in [0.717, 1.165) is 0 Å². The molecular formula is C14H7F3N2O. The smallest absolute Gasteiger partial charge is 0.190 e. The maximum atomic E-state index is 13.5. The lowest BCUT2D eigenvalue weighted by Crippen LogP contribution is -2.15. The van der Waals surface area contributed by atoms with Crippen LogP contribution in [0.3, 0.4) is 0 Å². The van der Waals surface area contributed by atoms with Crippen molar-refractivity contribution in [1.29, 1.82) is 5.26 Å². The summed E-state index contributed by atoms with van der Waals surface area (Å²) in [6.07, 6.45) is 2.69. The molecule has 2 rings (SSSR count). The molecule has 0 spiro atoms. The Bertz CT molecular complexity index is 672. The number of carbonyl (C=O) groups excluding carboxylic acids is 1. The van der Waals surface area contributed by atoms with Gasteiger partial charge in [-0.05, 0) is 11.6 Å². The lowest BCUT2D eigenvalue weighted by molar-refractivity contribution is 0.0970. The molecule has 0 amide bonds. The lowest BCUT2D eigenvalue weighted by atomic mass is 9.92. The van der Waals surface area contributed by atoms with Crippen LogP contribution in [0.15, 0.2) is 36.7 Å². The van der Waals surface area contributed by atoms with Gasteiger partial charge in [-0.3, -0.25) is 9.78 Å². The molecular weight excluding hydrogens is 269 g/mol. The highest BCUT2D eigenvalue weighted by Crippen LogP contribution is 2.24. The first-order chi connectivity index (χ1) is 9.54. The van der Waals surface area contributed by atoms with Gasteiger partial charge >= 0.3 is 0 Å². The van der Waals surface area contributed by atoms with E-state index in [9.17, 15) is 18.0 Å². The molecule has 0 saturated carbocycles. The van der Waals surface area contributed by atoms with Gasteiger partial charge in [0.1, 0.15) is 23.4 Å². The predicted molar refractivity (Wildman–Crippen MR) is 63.2 cm³/mol. The van der Waals surface area contributed by atoms with Crippen molar-refractivity contribution in [2.24, 2.45) is 0 Å². The van der Waals surface area contributed by atoms with Crippen LogP contribution >= 0.6 is 0 Å². The highest BCUT2D eigenvalue weighted by atomic mass is 19.1. The Morgan fingerprint density at radius 2 is 1.90 bits per heavy atom. The highest BCUT2D eigenvalue weighted by molar-refractivity contribution is 6.03. The maximum Gasteiger partial charge on any atom is 0.190 e. The van der Waals surface area contributed by atoms with Gasteiger partial charge < -0.3 is 0 Å². The van der Waals surface area contributed by atoms with Gasteiger partial charge in [0.25, 0.3) is 0 Å². The molecule has 1 aromatic heterocycles. The Hall–Kier alpha value is -2.68. The minimum atomic E-state index is -1.40. The van der Waals surface area contributed by atoms with Gasteiger partial charge in [0.15, 0.2) is 5.78 Å². The number of aromatic nitrogens is 1. The largest absolute Gasteiger partial charge is 0.292 e. The SMILES string of the molecule is N#CC(C(=O)c1c(F)cc(F)cc1F)c1cccnc1. The Kier molecular flexibility index (Phi) is 3.80. The van der Waals surface area contributed by atoms with Crippen LogP contribution in [-0.2, 0) is 0 Å². The number of benzene rings is 1. The van der Waals surface area contributed by atoms with Crippen molar-refractivity contribution in [1.82, 2.24) is 4.98 Å². The molecule has 1 heterocycles. The van der Waals surface area contributed by atoms with E-state index in [0.29, 0.717) is 12.1 Å². The van der Waals surface area contributed by atoms with Crippen molar-refractivity contribution < 1.29 is 18.0 Å². The van der Waals surface area contributed by atoms with E-state index in [1.807, 2.05) is 0 Å². The predicted octanol–water partition coefficient (Wildman–Crippen LogP) is 2.99. The van der Waals surface area contributed by atoms with Gasteiger partial charge in [0.2, 0.25) is 0 Å². The zero-order chi connectivity index (χ0) is 14.7. The molecule has 100 valence electrons. The van der Waals surface area contributed by atoms with Gasteiger partial charge in [-0.25, -0.2) is 13.2 Å². The second kappa shape index (κ2) is 5.53. The van der Waals surface area contributed by atoms with Crippen LogP contribution in [0.2, 0.25) is 0 Å². The Morgan fingerprint density at radius 3 is 2.40 bits per heavy atom. The first-order valence-electron chi connectivity index (χ1n) is 5.53. The van der Waals surface area contributed by atoms with Crippen LogP contribution in [0.4, 0.5) is 13.2 Å². The molecule has 0 radical (unpaired) electrons. The van der Waals surface area contributed by atoms with Crippen molar-refractivity contribution in [2.75, 3.05) is 0 Å². The van der Waals surface area contributed by atoms with Gasteiger partial charge in [0, 0.05) is 24.5 Å². The van der Waals surface area contributed by atoms with Crippen molar-refractivity contribution in [3.8, 4) is 6.07 Å². The molecule has 1 aromatic carbocycles. The van der Waals surface area contributed by atoms with Crippen molar-refractivity contribution in [3.05, 3.63) is 65.2 Å². The van der Waals surface area contributed by atoms with Gasteiger partial charge in [-0.2, -0.15) is 5.26 Å². The molecule has 6 heteroatoms. The minimum Gasteiger partial charge on any atom is -0.292 e. The number of Topliss-reactive ketones (excluding diaryl/α,β-unsaturated/α-hetero) is 1. The van der Waals surface area contributed by atoms with Gasteiger partial charge in [0.05, 0.1) is 11.6 Å². The molecule has 0 saturated heterocycles. The summed E-state index contributed by atoms with van der Waals surface area (Å²) in [5.41, 5.74) is -0.718. The van der Waals surface area contributed by atoms with E-state index in [1.165, 1.54) is 24.5 Å². The zero-order valence-electron chi connectivity index (χ0n) is 9.98. The van der Waals surface area contributed by atoms with Crippen LogP contribution in [0.5, 0.6) is 0 Å². The van der Waals surface area contributed by atoms with Crippen molar-refractivity contribution >= 4 is 5.78 Å². The number of nitrogens with zero attached hydrogens (tertiary/aromatic N) is 2. The molecule has 0 aliphatic heterocycles. The second-order valence-electron chi connectivity index (χ2n) is 3.96. The summed E-state index contributed by atoms with van der Waals surface area (Å²) >= 11 is 0. The van der Waals surface area contributed by atoms with E-state index in [2.05, 4.69) is 4.98 Å². The summed E-state index contributed by atoms with van der Waals surface area (Å²) in [5.74, 6) is -6.28. The normalized spacial score (nSPS) is 11.7. The van der Waals surface area contributed by atoms with E-state index in [-0.39, 0.29) is 5.56 Å². The van der Waals surface area contributed by atoms with Crippen LogP contribution < -0.4 is 0 Å². The number of pyridine rings is 1. The number of ketones is 1. The van der Waals surface area contributed by atoms with E-state index >= 15 is 0 Å². The molecule has 1 atom stereocenters. The summed E-state index contributed by atoms with van der Waals surface area (Å²) < 4.78 is 39.9. The first-order valence-corrected chi connectivity index (χ1v) is 5.53. The summed E-state index contributed by atoms with van der Waals surface area (Å²) in [7, 11) is 0. The van der Waals surface area contributed by atoms with E-state index in [1.54, 1.807) is 6.07 Å². The third-order valence-electron chi connectivity index (χ3n) is 2.66. The summed E-state index contributed by atoms with van der Waals surface area (Å²) in [6, 6.07) is 5.40. The monoisotopic (exact) mass is 276 g/mol. The van der Waals surface area contributed by atoms with Gasteiger partial charge in [-0.1, -0.05) is 6.07 Å². The molecule has 0 aliphatic rings. The summed E-state index contributed by atoms with van der Waals surface area (Å²) in [4.78, 5) is 15.8. The summed E-state index contributed by atoms with van der Waals surface area (Å²) in [5, 5.41) is 9.03. The van der Waals surface area contributed by atoms with Crippen LogP contribution in [0.25, 0.3) is 0 Å². The average Bonchev–Trinajstić information content (AvgIpc) is 2.39. The molecule has 0 fully saturated rings. The quantitative estimate of drug-likeness (QED) is 0.810. The second-order valence-corrected chi connectivity index (χ2v) is 3.96. The number of carbonyl (C=O) groups is 1. The topological polar surface area (TPSA) is 53.8 Å². The summed E-state index contributed by atoms with van der Waals surface area (Å²) in [6.45, 7) is 0. The number of hydrogen-bond acceptors (Lipinski definition) is 3. The molecule has 20 heavy (non-hydrogen) atoms. The lowest BCUT2D eigenvalue weighted by Gasteiger charge is -2.09. The third-order valence-corrected chi connectivity index (χ3v) is 2.66. The first kappa shape index (κ1) is 13.7. The van der Waals surface area contributed by atoms with Crippen molar-refractivity contribution in [2.45, 2.75) is 5.92 Å². The fourth-order valence-corrected chi connectivity index (χ4v) is 1.75. The third kappa shape index (κ3) is 2.52. The van der Waals surface area contributed by atoms with Gasteiger partial charge in [-0.15, -0.1) is 0 Å². The molecule has 3 nitrogen and oxygen atoms in total. The van der Waals surface area contributed by atoms with Crippen molar-refractivity contribution in [3.63, 3.8) is 0 Å². The Labute approximate surface area is 112 Å². The molecule has 1 unspecified atom stereocenters. The van der Waals surface area contributed by atoms with E-state index in [4.69, 9.17) is 5.26 Å². The van der Waals surface area contributed by atoms with Crippen LogP contribution in [-0.4, -0.2) is 10.8 Å². The minimum absolute atomic E-state index is 0.211. The molecule has 0 bridgehead atoms. The molecule has 0 aliphatic carbocycles. The number of halogens is 3. The number of hydrogen-bond donors (Lipinski definition) is 0. The maximum absolute atomic E-state index is 13.5. The highest BCUT2D eigenvalue weighted by Gasteiger charge is 2.28. The van der Waals surface area contributed by atoms with E-state index < -0.39 is 34.7 Å².